The van der Waals surface area contributed by atoms with Crippen LogP contribution in [0.3, 0.4) is 0 Å². The highest BCUT2D eigenvalue weighted by molar-refractivity contribution is 6.00. The van der Waals surface area contributed by atoms with Crippen molar-refractivity contribution in [3.63, 3.8) is 0 Å². The van der Waals surface area contributed by atoms with Crippen LogP contribution in [-0.2, 0) is 19.1 Å². The summed E-state index contributed by atoms with van der Waals surface area (Å²) in [6, 6.07) is 0. The molecular formula is C10H16O5. The van der Waals surface area contributed by atoms with Gasteiger partial charge in [0.25, 0.3) is 0 Å². The van der Waals surface area contributed by atoms with Crippen LogP contribution in [0.2, 0.25) is 0 Å². The molecule has 0 radical (unpaired) electrons. The molecule has 0 aromatic rings. The smallest absolute Gasteiger partial charge is 0.323 e. The zero-order valence-corrected chi connectivity index (χ0v) is 8.99. The fourth-order valence-corrected chi connectivity index (χ4v) is 2.09. The molecule has 1 N–H and O–H groups in total. The van der Waals surface area contributed by atoms with E-state index in [0.717, 1.165) is 0 Å². The van der Waals surface area contributed by atoms with Crippen LogP contribution in [0.4, 0.5) is 0 Å². The van der Waals surface area contributed by atoms with Crippen LogP contribution in [0.25, 0.3) is 0 Å². The van der Waals surface area contributed by atoms with Crippen LogP contribution in [0.5, 0.6) is 0 Å². The van der Waals surface area contributed by atoms with E-state index in [0.29, 0.717) is 19.3 Å². The average molecular weight is 216 g/mol. The van der Waals surface area contributed by atoms with Crippen molar-refractivity contribution in [2.45, 2.75) is 31.8 Å². The molecule has 1 saturated carbocycles. The molecular weight excluding hydrogens is 200 g/mol. The molecule has 1 rings (SSSR count). The average Bonchev–Trinajstić information content (AvgIpc) is 2.26. The number of aliphatic hydroxyl groups is 1. The largest absolute Gasteiger partial charge is 0.468 e. The highest BCUT2D eigenvalue weighted by Gasteiger charge is 2.51. The summed E-state index contributed by atoms with van der Waals surface area (Å²) in [5.41, 5.74) is -1.30. The van der Waals surface area contributed by atoms with E-state index >= 15 is 0 Å². The van der Waals surface area contributed by atoms with Crippen LogP contribution in [-0.4, -0.2) is 37.4 Å². The van der Waals surface area contributed by atoms with Gasteiger partial charge < -0.3 is 14.6 Å². The highest BCUT2D eigenvalue weighted by atomic mass is 16.5. The van der Waals surface area contributed by atoms with Gasteiger partial charge in [-0.2, -0.15) is 0 Å². The molecule has 86 valence electrons. The van der Waals surface area contributed by atoms with E-state index in [1.165, 1.54) is 14.2 Å². The van der Waals surface area contributed by atoms with Crippen LogP contribution in [0, 0.1) is 5.41 Å². The molecule has 0 saturated heterocycles. The third-order valence-electron chi connectivity index (χ3n) is 2.88. The monoisotopic (exact) mass is 216 g/mol. The van der Waals surface area contributed by atoms with Crippen molar-refractivity contribution in [3.8, 4) is 0 Å². The van der Waals surface area contributed by atoms with Crippen molar-refractivity contribution < 1.29 is 24.2 Å². The molecule has 1 atom stereocenters. The molecule has 0 heterocycles. The second-order valence-electron chi connectivity index (χ2n) is 3.82. The van der Waals surface area contributed by atoms with Gasteiger partial charge in [0.05, 0.1) is 20.3 Å². The van der Waals surface area contributed by atoms with Crippen molar-refractivity contribution in [3.05, 3.63) is 0 Å². The molecule has 0 aromatic heterocycles. The van der Waals surface area contributed by atoms with Crippen molar-refractivity contribution in [1.82, 2.24) is 0 Å². The Morgan fingerprint density at radius 1 is 1.27 bits per heavy atom. The minimum absolute atomic E-state index is 0.0896. The van der Waals surface area contributed by atoms with E-state index in [1.54, 1.807) is 0 Å². The minimum atomic E-state index is -1.30. The van der Waals surface area contributed by atoms with E-state index in [-0.39, 0.29) is 6.42 Å². The first-order valence-electron chi connectivity index (χ1n) is 4.91. The number of aliphatic hydroxyl groups excluding tert-OH is 1. The molecule has 0 amide bonds. The predicted octanol–water partition coefficient (Wildman–Crippen LogP) is 0.254. The molecule has 0 bridgehead atoms. The van der Waals surface area contributed by atoms with Crippen molar-refractivity contribution in [1.29, 1.82) is 0 Å². The molecule has 0 aromatic carbocycles. The third-order valence-corrected chi connectivity index (χ3v) is 2.88. The number of hydrogen-bond acceptors (Lipinski definition) is 5. The maximum absolute atomic E-state index is 11.6. The zero-order chi connectivity index (χ0) is 11.5. The summed E-state index contributed by atoms with van der Waals surface area (Å²) < 4.78 is 9.23. The first-order valence-corrected chi connectivity index (χ1v) is 4.91. The fraction of sp³-hybridized carbons (Fsp3) is 0.800. The molecule has 1 unspecified atom stereocenters. The number of carbonyl (C=O) groups is 2. The van der Waals surface area contributed by atoms with Crippen LogP contribution in [0.1, 0.15) is 25.7 Å². The number of esters is 2. The molecule has 0 spiro atoms. The van der Waals surface area contributed by atoms with Gasteiger partial charge in [-0.15, -0.1) is 0 Å². The fourth-order valence-electron chi connectivity index (χ4n) is 2.09. The van der Waals surface area contributed by atoms with E-state index in [2.05, 4.69) is 9.47 Å². The summed E-state index contributed by atoms with van der Waals surface area (Å²) in [6.45, 7) is 0. The number of rotatable bonds is 2. The Kier molecular flexibility index (Phi) is 3.68. The lowest BCUT2D eigenvalue weighted by atomic mass is 9.73. The van der Waals surface area contributed by atoms with Gasteiger partial charge in [0.1, 0.15) is 0 Å². The lowest BCUT2D eigenvalue weighted by Crippen LogP contribution is -2.46. The van der Waals surface area contributed by atoms with Gasteiger partial charge in [-0.3, -0.25) is 9.59 Å². The van der Waals surface area contributed by atoms with Gasteiger partial charge in [0.15, 0.2) is 5.41 Å². The highest BCUT2D eigenvalue weighted by Crippen LogP contribution is 2.38. The van der Waals surface area contributed by atoms with E-state index < -0.39 is 23.5 Å². The quantitative estimate of drug-likeness (QED) is 0.529. The van der Waals surface area contributed by atoms with Crippen LogP contribution < -0.4 is 0 Å². The molecule has 1 aliphatic rings. The zero-order valence-electron chi connectivity index (χ0n) is 8.99. The lowest BCUT2D eigenvalue weighted by Gasteiger charge is -2.33. The number of ether oxygens (including phenoxy) is 2. The summed E-state index contributed by atoms with van der Waals surface area (Å²) in [4.78, 5) is 23.2. The molecule has 5 nitrogen and oxygen atoms in total. The SMILES string of the molecule is COC(=O)C1(C(=O)OC)CCCC(O)C1. The number of methoxy groups -OCH3 is 2. The third kappa shape index (κ3) is 2.12. The first kappa shape index (κ1) is 12.0. The minimum Gasteiger partial charge on any atom is -0.468 e. The Morgan fingerprint density at radius 2 is 1.80 bits per heavy atom. The van der Waals surface area contributed by atoms with Gasteiger partial charge in [0, 0.05) is 6.42 Å². The van der Waals surface area contributed by atoms with Crippen LogP contribution >= 0.6 is 0 Å². The summed E-state index contributed by atoms with van der Waals surface area (Å²) in [7, 11) is 2.46. The molecule has 1 aliphatic carbocycles. The second-order valence-corrected chi connectivity index (χ2v) is 3.82. The van der Waals surface area contributed by atoms with E-state index in [9.17, 15) is 14.7 Å². The van der Waals surface area contributed by atoms with Crippen molar-refractivity contribution in [2.75, 3.05) is 14.2 Å². The van der Waals surface area contributed by atoms with Gasteiger partial charge in [-0.05, 0) is 19.3 Å². The Hall–Kier alpha value is -1.10. The maximum Gasteiger partial charge on any atom is 0.323 e. The molecule has 1 fully saturated rings. The number of hydrogen-bond donors (Lipinski definition) is 1. The Bertz CT molecular complexity index is 245. The topological polar surface area (TPSA) is 72.8 Å². The summed E-state index contributed by atoms with van der Waals surface area (Å²) in [5, 5.41) is 9.52. The lowest BCUT2D eigenvalue weighted by molar-refractivity contribution is -0.174. The van der Waals surface area contributed by atoms with E-state index in [1.807, 2.05) is 0 Å². The van der Waals surface area contributed by atoms with Gasteiger partial charge in [0.2, 0.25) is 0 Å². The predicted molar refractivity (Wildman–Crippen MR) is 50.9 cm³/mol. The summed E-state index contributed by atoms with van der Waals surface area (Å²) in [5.74, 6) is -1.23. The maximum atomic E-state index is 11.6. The second kappa shape index (κ2) is 4.61. The summed E-state index contributed by atoms with van der Waals surface area (Å²) >= 11 is 0. The normalized spacial score (nSPS) is 24.3. The standard InChI is InChI=1S/C10H16O5/c1-14-8(12)10(9(13)15-2)5-3-4-7(11)6-10/h7,11H,3-6H2,1-2H3. The van der Waals surface area contributed by atoms with Crippen molar-refractivity contribution in [2.24, 2.45) is 5.41 Å². The molecule has 0 aliphatic heterocycles. The number of carbonyl (C=O) groups excluding carboxylic acids is 2. The Labute approximate surface area is 88.4 Å². The Balaban J connectivity index is 2.94. The summed E-state index contributed by atoms with van der Waals surface area (Å²) in [6.07, 6.45) is 1.05. The van der Waals surface area contributed by atoms with Gasteiger partial charge in [-0.25, -0.2) is 0 Å². The Morgan fingerprint density at radius 3 is 2.20 bits per heavy atom. The van der Waals surface area contributed by atoms with Crippen LogP contribution in [0.15, 0.2) is 0 Å². The first-order chi connectivity index (χ1) is 7.06. The van der Waals surface area contributed by atoms with Gasteiger partial charge >= 0.3 is 11.9 Å². The molecule has 5 heteroatoms. The van der Waals surface area contributed by atoms with E-state index in [4.69, 9.17) is 0 Å². The van der Waals surface area contributed by atoms with Gasteiger partial charge in [-0.1, -0.05) is 0 Å². The van der Waals surface area contributed by atoms with Crippen molar-refractivity contribution >= 4 is 11.9 Å². The molecule has 15 heavy (non-hydrogen) atoms.